The minimum Gasteiger partial charge on any atom is -0.457 e. The van der Waals surface area contributed by atoms with Crippen molar-refractivity contribution in [3.63, 3.8) is 0 Å². The van der Waals surface area contributed by atoms with Crippen molar-refractivity contribution in [1.29, 1.82) is 0 Å². The number of anilines is 3. The molecule has 2 aliphatic rings. The van der Waals surface area contributed by atoms with Gasteiger partial charge in [0.1, 0.15) is 34.6 Å². The van der Waals surface area contributed by atoms with Gasteiger partial charge in [0.25, 0.3) is 0 Å². The van der Waals surface area contributed by atoms with Crippen molar-refractivity contribution in [1.82, 2.24) is 0 Å². The SMILES string of the molecule is C=Cc1ccc(Oc2ccc(C3(c4cc(F)c(F)cc4F)c4ccccc4-c4ccc(N(c5cccc(-c6cccc(-c7ccccc7)c6)c5)c5ccc6c(c5)C(c5ccc(Oc7ccc(C=C)cc7)cc5)(c5cc(F)c(F)cc5F)c5ccccc5-6)cc43)cc2)cc1. The average molecular weight is 1220 g/mol. The van der Waals surface area contributed by atoms with Crippen LogP contribution in [0.4, 0.5) is 43.4 Å². The molecule has 0 bridgehead atoms. The van der Waals surface area contributed by atoms with Gasteiger partial charge >= 0.3 is 0 Å². The quantitative estimate of drug-likeness (QED) is 0.0754. The van der Waals surface area contributed by atoms with Crippen LogP contribution in [-0.2, 0) is 10.8 Å². The first-order chi connectivity index (χ1) is 45.4. The average Bonchev–Trinajstić information content (AvgIpc) is 1.61. The third-order valence-electron chi connectivity index (χ3n) is 18.1. The van der Waals surface area contributed by atoms with Crippen LogP contribution in [0.25, 0.3) is 56.7 Å². The molecule has 0 saturated carbocycles. The number of benzene rings is 13. The van der Waals surface area contributed by atoms with Gasteiger partial charge in [-0.1, -0.05) is 195 Å². The molecule has 0 fully saturated rings. The minimum absolute atomic E-state index is 0.124. The molecule has 0 amide bonds. The van der Waals surface area contributed by atoms with E-state index in [1.54, 1.807) is 36.4 Å². The van der Waals surface area contributed by atoms with E-state index in [1.807, 2.05) is 206 Å². The van der Waals surface area contributed by atoms with Crippen LogP contribution in [0.15, 0.2) is 298 Å². The Bertz CT molecular complexity index is 4830. The molecule has 93 heavy (non-hydrogen) atoms. The summed E-state index contributed by atoms with van der Waals surface area (Å²) in [5.74, 6) is -4.97. The Morgan fingerprint density at radius 2 is 0.624 bits per heavy atom. The molecule has 9 heteroatoms. The third kappa shape index (κ3) is 9.79. The molecular weight excluding hydrogens is 1170 g/mol. The van der Waals surface area contributed by atoms with Crippen LogP contribution < -0.4 is 14.4 Å². The number of halogens is 6. The first kappa shape index (κ1) is 57.7. The Labute approximate surface area is 534 Å². The molecule has 15 rings (SSSR count). The zero-order valence-electron chi connectivity index (χ0n) is 49.7. The van der Waals surface area contributed by atoms with Crippen molar-refractivity contribution in [2.45, 2.75) is 10.8 Å². The fourth-order valence-corrected chi connectivity index (χ4v) is 13.9. The van der Waals surface area contributed by atoms with Crippen LogP contribution in [0.5, 0.6) is 23.0 Å². The van der Waals surface area contributed by atoms with E-state index >= 15 is 26.3 Å². The number of hydrogen-bond donors (Lipinski definition) is 0. The predicted molar refractivity (Wildman–Crippen MR) is 360 cm³/mol. The van der Waals surface area contributed by atoms with E-state index in [2.05, 4.69) is 48.4 Å². The van der Waals surface area contributed by atoms with Gasteiger partial charge in [-0.3, -0.25) is 0 Å². The lowest BCUT2D eigenvalue weighted by atomic mass is 9.67. The fourth-order valence-electron chi connectivity index (χ4n) is 13.9. The second kappa shape index (κ2) is 23.3. The highest BCUT2D eigenvalue weighted by atomic mass is 19.2. The lowest BCUT2D eigenvalue weighted by Crippen LogP contribution is -2.31. The third-order valence-corrected chi connectivity index (χ3v) is 18.1. The maximum absolute atomic E-state index is 17.4. The molecule has 0 heterocycles. The van der Waals surface area contributed by atoms with E-state index in [9.17, 15) is 0 Å². The van der Waals surface area contributed by atoms with Crippen molar-refractivity contribution in [3.8, 4) is 67.5 Å². The fraction of sp³-hybridized carbons (Fsp3) is 0.0238. The van der Waals surface area contributed by atoms with Crippen molar-refractivity contribution in [2.24, 2.45) is 0 Å². The molecule has 2 aliphatic carbocycles. The second-order valence-corrected chi connectivity index (χ2v) is 23.2. The molecular formula is C84H53F6NO2. The highest BCUT2D eigenvalue weighted by Gasteiger charge is 2.50. The number of rotatable bonds is 15. The first-order valence-corrected chi connectivity index (χ1v) is 30.3. The Morgan fingerprint density at radius 1 is 0.269 bits per heavy atom. The molecule has 0 aromatic heterocycles. The van der Waals surface area contributed by atoms with Gasteiger partial charge in [0.05, 0.1) is 10.8 Å². The van der Waals surface area contributed by atoms with Gasteiger partial charge in [0, 0.05) is 40.3 Å². The van der Waals surface area contributed by atoms with Crippen molar-refractivity contribution >= 4 is 29.2 Å². The molecule has 0 radical (unpaired) electrons. The van der Waals surface area contributed by atoms with E-state index in [-0.39, 0.29) is 11.1 Å². The molecule has 2 atom stereocenters. The van der Waals surface area contributed by atoms with Gasteiger partial charge in [-0.05, 0) is 192 Å². The van der Waals surface area contributed by atoms with Crippen LogP contribution >= 0.6 is 0 Å². The number of fused-ring (bicyclic) bond motifs is 6. The Morgan fingerprint density at radius 3 is 1.08 bits per heavy atom. The smallest absolute Gasteiger partial charge is 0.161 e. The highest BCUT2D eigenvalue weighted by Crippen LogP contribution is 2.61. The Hall–Kier alpha value is -11.7. The Balaban J connectivity index is 0.969. The zero-order valence-corrected chi connectivity index (χ0v) is 49.7. The lowest BCUT2D eigenvalue weighted by Gasteiger charge is -2.36. The van der Waals surface area contributed by atoms with E-state index in [0.717, 1.165) is 56.6 Å². The first-order valence-electron chi connectivity index (χ1n) is 30.3. The van der Waals surface area contributed by atoms with Crippen LogP contribution in [0.1, 0.15) is 55.6 Å². The van der Waals surface area contributed by atoms with Crippen LogP contribution in [0, 0.1) is 34.9 Å². The number of hydrogen-bond acceptors (Lipinski definition) is 3. The molecule has 2 unspecified atom stereocenters. The summed E-state index contributed by atoms with van der Waals surface area (Å²) in [6.45, 7) is 7.72. The van der Waals surface area contributed by atoms with Gasteiger partial charge in [0.2, 0.25) is 0 Å². The minimum atomic E-state index is -1.63. The summed E-state index contributed by atoms with van der Waals surface area (Å²) < 4.78 is 111. The molecule has 0 saturated heterocycles. The van der Waals surface area contributed by atoms with Crippen LogP contribution in [0.2, 0.25) is 0 Å². The summed E-state index contributed by atoms with van der Waals surface area (Å²) in [5.41, 5.74) is 10.3. The summed E-state index contributed by atoms with van der Waals surface area (Å²) in [6, 6.07) is 85.7. The van der Waals surface area contributed by atoms with Gasteiger partial charge in [0.15, 0.2) is 23.3 Å². The highest BCUT2D eigenvalue weighted by molar-refractivity contribution is 5.93. The zero-order chi connectivity index (χ0) is 63.5. The molecule has 0 N–H and O–H groups in total. The monoisotopic (exact) mass is 1220 g/mol. The molecule has 13 aromatic carbocycles. The van der Waals surface area contributed by atoms with Crippen LogP contribution in [-0.4, -0.2) is 0 Å². The van der Waals surface area contributed by atoms with Crippen molar-refractivity contribution in [2.75, 3.05) is 4.90 Å². The van der Waals surface area contributed by atoms with E-state index in [0.29, 0.717) is 96.7 Å². The van der Waals surface area contributed by atoms with Crippen molar-refractivity contribution in [3.05, 3.63) is 389 Å². The van der Waals surface area contributed by atoms with Crippen molar-refractivity contribution < 1.29 is 35.8 Å². The van der Waals surface area contributed by atoms with E-state index in [4.69, 9.17) is 9.47 Å². The molecule has 448 valence electrons. The standard InChI is InChI=1S/C84H53F6NO2/c1-3-52-24-34-63(35-25-52)92-65-38-28-58(29-39-65)83(75-48-79(87)81(89)50-77(75)85)71-22-10-8-20-67(71)69-42-32-61(46-73(69)83)91(60-19-13-18-57(45-60)56-17-12-16-55(44-56)54-14-6-5-7-15-54)62-33-43-70-68-21-9-11-23-72(68)84(74(70)47-62,76-49-80(88)82(90)51-78(76)86)59-30-40-66(41-31-59)93-64-36-26-53(4-2)27-37-64/h3-51H,1-2H2. The van der Waals surface area contributed by atoms with Crippen LogP contribution in [0.3, 0.4) is 0 Å². The number of ether oxygens (including phenoxy) is 2. The van der Waals surface area contributed by atoms with E-state index < -0.39 is 45.7 Å². The van der Waals surface area contributed by atoms with Gasteiger partial charge in [-0.2, -0.15) is 0 Å². The van der Waals surface area contributed by atoms with Gasteiger partial charge < -0.3 is 14.4 Å². The molecule has 0 aliphatic heterocycles. The molecule has 13 aromatic rings. The normalized spacial score (nSPS) is 14.9. The van der Waals surface area contributed by atoms with Gasteiger partial charge in [-0.25, -0.2) is 26.3 Å². The number of nitrogens with zero attached hydrogens (tertiary/aromatic N) is 1. The summed E-state index contributed by atoms with van der Waals surface area (Å²) >= 11 is 0. The second-order valence-electron chi connectivity index (χ2n) is 23.2. The summed E-state index contributed by atoms with van der Waals surface area (Å²) in [5, 5.41) is 0. The Kier molecular flexibility index (Phi) is 14.5. The van der Waals surface area contributed by atoms with Gasteiger partial charge in [-0.15, -0.1) is 0 Å². The predicted octanol–water partition coefficient (Wildman–Crippen LogP) is 22.9. The molecule has 3 nitrogen and oxygen atoms in total. The molecule has 0 spiro atoms. The van der Waals surface area contributed by atoms with E-state index in [1.165, 1.54) is 0 Å². The summed E-state index contributed by atoms with van der Waals surface area (Å²) in [6.07, 6.45) is 3.48. The maximum Gasteiger partial charge on any atom is 0.161 e. The topological polar surface area (TPSA) is 21.7 Å². The largest absolute Gasteiger partial charge is 0.457 e. The lowest BCUT2D eigenvalue weighted by molar-refractivity contribution is 0.480. The summed E-state index contributed by atoms with van der Waals surface area (Å²) in [4.78, 5) is 2.05. The maximum atomic E-state index is 17.4. The summed E-state index contributed by atoms with van der Waals surface area (Å²) in [7, 11) is 0.